The molecular formula is C30H32F2N6O3. The molecule has 0 radical (unpaired) electrons. The zero-order valence-corrected chi connectivity index (χ0v) is 23.1. The van der Waals surface area contributed by atoms with E-state index in [1.165, 1.54) is 6.07 Å². The number of carbonyl (C=O) groups is 2. The molecule has 9 nitrogen and oxygen atoms in total. The van der Waals surface area contributed by atoms with E-state index >= 15 is 0 Å². The van der Waals surface area contributed by atoms with E-state index in [0.717, 1.165) is 52.8 Å². The van der Waals surface area contributed by atoms with Gasteiger partial charge < -0.3 is 19.7 Å². The molecule has 4 heterocycles. The summed E-state index contributed by atoms with van der Waals surface area (Å²) in [6.45, 7) is 5.37. The third-order valence-corrected chi connectivity index (χ3v) is 8.27. The number of piperidine rings is 2. The Balaban J connectivity index is 1.47. The number of halogens is 2. The Morgan fingerprint density at radius 3 is 2.54 bits per heavy atom. The lowest BCUT2D eigenvalue weighted by Gasteiger charge is -2.38. The first-order chi connectivity index (χ1) is 19.7. The number of benzene rings is 2. The molecule has 4 aromatic rings. The molecule has 1 unspecified atom stereocenters. The van der Waals surface area contributed by atoms with Gasteiger partial charge in [-0.15, -0.1) is 0 Å². The maximum atomic E-state index is 14.3. The number of carbonyl (C=O) groups excluding carboxylic acids is 2. The van der Waals surface area contributed by atoms with Gasteiger partial charge in [0.15, 0.2) is 11.6 Å². The van der Waals surface area contributed by atoms with E-state index in [-0.39, 0.29) is 24.4 Å². The summed E-state index contributed by atoms with van der Waals surface area (Å²) in [5, 5.41) is 4.10. The lowest BCUT2D eigenvalue weighted by molar-refractivity contribution is -0.120. The van der Waals surface area contributed by atoms with Crippen LogP contribution in [0.25, 0.3) is 22.2 Å². The highest BCUT2D eigenvalue weighted by Crippen LogP contribution is 2.41. The SMILES string of the molecule is Cc1noc(C)c1-c1ccc2c(c1)nc(C1CCCC(=O)N1c1ccc(F)c(F)c1)n2C1CCN(CC(N)=O)CC1. The summed E-state index contributed by atoms with van der Waals surface area (Å²) < 4.78 is 35.7. The summed E-state index contributed by atoms with van der Waals surface area (Å²) >= 11 is 0. The van der Waals surface area contributed by atoms with Crippen molar-refractivity contribution >= 4 is 28.5 Å². The third kappa shape index (κ3) is 4.99. The Morgan fingerprint density at radius 2 is 1.85 bits per heavy atom. The monoisotopic (exact) mass is 562 g/mol. The van der Waals surface area contributed by atoms with E-state index in [2.05, 4.69) is 9.72 Å². The van der Waals surface area contributed by atoms with Crippen molar-refractivity contribution in [2.75, 3.05) is 24.5 Å². The molecule has 2 aliphatic rings. The number of likely N-dealkylation sites (tertiary alicyclic amines) is 1. The van der Waals surface area contributed by atoms with Crippen LogP contribution in [0.2, 0.25) is 0 Å². The van der Waals surface area contributed by atoms with Crippen molar-refractivity contribution < 1.29 is 22.9 Å². The van der Waals surface area contributed by atoms with Crippen LogP contribution in [0.4, 0.5) is 14.5 Å². The van der Waals surface area contributed by atoms with E-state index in [1.807, 2.05) is 36.9 Å². The van der Waals surface area contributed by atoms with Crippen molar-refractivity contribution in [3.8, 4) is 11.1 Å². The number of aryl methyl sites for hydroxylation is 2. The quantitative estimate of drug-likeness (QED) is 0.356. The number of nitrogens with two attached hydrogens (primary N) is 1. The molecule has 214 valence electrons. The number of amides is 2. The highest BCUT2D eigenvalue weighted by Gasteiger charge is 2.36. The average molecular weight is 563 g/mol. The molecule has 11 heteroatoms. The van der Waals surface area contributed by atoms with Gasteiger partial charge >= 0.3 is 0 Å². The molecule has 1 atom stereocenters. The lowest BCUT2D eigenvalue weighted by Crippen LogP contribution is -2.42. The first-order valence-electron chi connectivity index (χ1n) is 13.9. The summed E-state index contributed by atoms with van der Waals surface area (Å²) in [5.41, 5.74) is 10.1. The number of nitrogens with zero attached hydrogens (tertiary/aromatic N) is 5. The van der Waals surface area contributed by atoms with Crippen LogP contribution >= 0.6 is 0 Å². The topological polar surface area (TPSA) is 110 Å². The van der Waals surface area contributed by atoms with Crippen LogP contribution in [-0.2, 0) is 9.59 Å². The van der Waals surface area contributed by atoms with Gasteiger partial charge in [0, 0.05) is 42.9 Å². The summed E-state index contributed by atoms with van der Waals surface area (Å²) in [7, 11) is 0. The third-order valence-electron chi connectivity index (χ3n) is 8.27. The van der Waals surface area contributed by atoms with E-state index in [1.54, 1.807) is 4.90 Å². The largest absolute Gasteiger partial charge is 0.369 e. The molecule has 41 heavy (non-hydrogen) atoms. The molecule has 2 amide bonds. The van der Waals surface area contributed by atoms with Crippen LogP contribution in [0, 0.1) is 25.5 Å². The fourth-order valence-corrected chi connectivity index (χ4v) is 6.42. The van der Waals surface area contributed by atoms with Gasteiger partial charge in [-0.1, -0.05) is 11.2 Å². The van der Waals surface area contributed by atoms with Crippen LogP contribution in [0.1, 0.15) is 61.5 Å². The molecule has 2 aliphatic heterocycles. The fourth-order valence-electron chi connectivity index (χ4n) is 6.42. The minimum absolute atomic E-state index is 0.0628. The number of hydrogen-bond acceptors (Lipinski definition) is 6. The molecule has 0 spiro atoms. The molecule has 6 rings (SSSR count). The summed E-state index contributed by atoms with van der Waals surface area (Å²) in [5.74, 6) is -1.05. The van der Waals surface area contributed by atoms with Crippen LogP contribution in [0.5, 0.6) is 0 Å². The van der Waals surface area contributed by atoms with Crippen LogP contribution in [0.15, 0.2) is 40.9 Å². The van der Waals surface area contributed by atoms with Gasteiger partial charge in [-0.2, -0.15) is 0 Å². The van der Waals surface area contributed by atoms with Gasteiger partial charge in [0.1, 0.15) is 11.6 Å². The first-order valence-corrected chi connectivity index (χ1v) is 13.9. The van der Waals surface area contributed by atoms with E-state index in [0.29, 0.717) is 49.6 Å². The number of primary amides is 1. The van der Waals surface area contributed by atoms with Gasteiger partial charge in [-0.05, 0) is 69.4 Å². The van der Waals surface area contributed by atoms with Crippen molar-refractivity contribution in [1.29, 1.82) is 0 Å². The molecule has 0 aliphatic carbocycles. The minimum Gasteiger partial charge on any atom is -0.369 e. The lowest BCUT2D eigenvalue weighted by atomic mass is 9.98. The highest BCUT2D eigenvalue weighted by atomic mass is 19.2. The highest BCUT2D eigenvalue weighted by molar-refractivity contribution is 5.95. The molecule has 2 aromatic carbocycles. The molecule has 2 saturated heterocycles. The van der Waals surface area contributed by atoms with Gasteiger partial charge in [0.2, 0.25) is 11.8 Å². The van der Waals surface area contributed by atoms with E-state index in [4.69, 9.17) is 15.2 Å². The van der Waals surface area contributed by atoms with Crippen molar-refractivity contribution in [2.45, 2.75) is 58.0 Å². The van der Waals surface area contributed by atoms with Crippen molar-refractivity contribution in [3.63, 3.8) is 0 Å². The van der Waals surface area contributed by atoms with Gasteiger partial charge in [0.25, 0.3) is 0 Å². The van der Waals surface area contributed by atoms with Crippen LogP contribution in [-0.4, -0.2) is 51.1 Å². The first kappa shape index (κ1) is 27.1. The molecule has 0 bridgehead atoms. The van der Waals surface area contributed by atoms with Crippen LogP contribution < -0.4 is 10.6 Å². The number of rotatable bonds is 6. The standard InChI is InChI=1S/C30H32F2N6O3/c1-17-29(18(2)41-35-17)19-6-9-25-24(14-19)34-30(38(25)20-10-12-36(13-11-20)16-27(33)39)26-4-3-5-28(40)37(26)21-7-8-22(31)23(32)15-21/h6-9,14-15,20,26H,3-5,10-13,16H2,1-2H3,(H2,33,39). The average Bonchev–Trinajstić information content (AvgIpc) is 3.49. The second-order valence-corrected chi connectivity index (χ2v) is 11.0. The van der Waals surface area contributed by atoms with Gasteiger partial charge in [-0.3, -0.25) is 14.5 Å². The summed E-state index contributed by atoms with van der Waals surface area (Å²) in [6.07, 6.45) is 3.14. The van der Waals surface area contributed by atoms with Gasteiger partial charge in [-0.25, -0.2) is 13.8 Å². The van der Waals surface area contributed by atoms with Crippen molar-refractivity contribution in [2.24, 2.45) is 5.73 Å². The zero-order chi connectivity index (χ0) is 28.8. The number of imidazole rings is 1. The second-order valence-electron chi connectivity index (χ2n) is 11.0. The maximum absolute atomic E-state index is 14.3. The normalized spacial score (nSPS) is 18.9. The Labute approximate surface area is 235 Å². The molecule has 0 saturated carbocycles. The summed E-state index contributed by atoms with van der Waals surface area (Å²) in [4.78, 5) is 33.6. The molecular weight excluding hydrogens is 530 g/mol. The Hall–Kier alpha value is -4.12. The van der Waals surface area contributed by atoms with Crippen molar-refractivity contribution in [3.05, 3.63) is 65.3 Å². The van der Waals surface area contributed by atoms with Crippen molar-refractivity contribution in [1.82, 2.24) is 19.6 Å². The molecule has 2 fully saturated rings. The Morgan fingerprint density at radius 1 is 1.07 bits per heavy atom. The van der Waals surface area contributed by atoms with E-state index in [9.17, 15) is 18.4 Å². The second kappa shape index (κ2) is 10.7. The van der Waals surface area contributed by atoms with Gasteiger partial charge in [0.05, 0.1) is 29.3 Å². The predicted octanol–water partition coefficient (Wildman–Crippen LogP) is 4.97. The Bertz CT molecular complexity index is 1620. The Kier molecular flexibility index (Phi) is 7.06. The maximum Gasteiger partial charge on any atom is 0.231 e. The smallest absolute Gasteiger partial charge is 0.231 e. The predicted molar refractivity (Wildman–Crippen MR) is 149 cm³/mol. The van der Waals surface area contributed by atoms with E-state index < -0.39 is 17.7 Å². The molecule has 2 aromatic heterocycles. The fraction of sp³-hybridized carbons (Fsp3) is 0.400. The van der Waals surface area contributed by atoms with Crippen LogP contribution in [0.3, 0.4) is 0 Å². The zero-order valence-electron chi connectivity index (χ0n) is 23.1. The number of aromatic nitrogens is 3. The number of fused-ring (bicyclic) bond motifs is 1. The number of hydrogen-bond donors (Lipinski definition) is 1. The number of anilines is 1. The molecule has 2 N–H and O–H groups in total. The minimum atomic E-state index is -1.00. The summed E-state index contributed by atoms with van der Waals surface area (Å²) in [6, 6.07) is 9.25.